The Balaban J connectivity index is 3.74. The molecule has 5 nitrogen and oxygen atoms in total. The van der Waals surface area contributed by atoms with Gasteiger partial charge < -0.3 is 14.6 Å². The number of rotatable bonds is 25. The lowest BCUT2D eigenvalue weighted by atomic mass is 10.1. The summed E-state index contributed by atoms with van der Waals surface area (Å²) in [5.74, 6) is -0.585. The highest BCUT2D eigenvalue weighted by molar-refractivity contribution is 5.70. The van der Waals surface area contributed by atoms with Gasteiger partial charge in [0.1, 0.15) is 6.61 Å². The summed E-state index contributed by atoms with van der Waals surface area (Å²) in [6.45, 7) is 4.32. The second kappa shape index (κ2) is 24.5. The molecule has 0 aliphatic rings. The fraction of sp³-hybridized carbons (Fsp3) is 0.926. The van der Waals surface area contributed by atoms with Gasteiger partial charge in [-0.3, -0.25) is 9.59 Å². The van der Waals surface area contributed by atoms with Gasteiger partial charge in [-0.25, -0.2) is 0 Å². The van der Waals surface area contributed by atoms with Gasteiger partial charge in [-0.1, -0.05) is 117 Å². The van der Waals surface area contributed by atoms with Crippen molar-refractivity contribution in [3.05, 3.63) is 0 Å². The maximum atomic E-state index is 12.1. The first kappa shape index (κ1) is 28.9. The van der Waals surface area contributed by atoms with Gasteiger partial charge in [-0.2, -0.15) is 0 Å². The third-order valence-corrected chi connectivity index (χ3v) is 5.88. The average Bonchev–Trinajstić information content (AvgIpc) is 2.80. The number of hydrogen-bond acceptors (Lipinski definition) is 5. The quantitative estimate of drug-likeness (QED) is 0.115. The molecule has 0 aromatic carbocycles. The zero-order valence-electron chi connectivity index (χ0n) is 22.2. The Bertz CT molecular complexity index is 444. The minimum Gasteiger partial charge on any atom is -0.462 e. The van der Waals surface area contributed by atoms with E-state index in [9.17, 15) is 9.59 Å². The first-order valence-electron chi connectivity index (χ1n) is 14.0. The summed E-state index contributed by atoms with van der Waals surface area (Å²) in [5.41, 5.74) is 0. The Morgan fingerprint density at radius 1 is 0.656 bits per heavy atom. The molecule has 1 N–H and O–H groups in total. The summed E-state index contributed by atoms with van der Waals surface area (Å²) in [5, 5.41) is 4.38. The van der Waals surface area contributed by atoms with Crippen LogP contribution in [0.25, 0.3) is 0 Å². The summed E-state index contributed by atoms with van der Waals surface area (Å²) in [6.07, 6.45) is 21.5. The highest BCUT2D eigenvalue weighted by Gasteiger charge is 2.16. The summed E-state index contributed by atoms with van der Waals surface area (Å²) in [4.78, 5) is 24.0. The molecule has 0 heterocycles. The highest BCUT2D eigenvalue weighted by Crippen LogP contribution is 2.12. The van der Waals surface area contributed by atoms with Crippen LogP contribution in [-0.2, 0) is 19.1 Å². The van der Waals surface area contributed by atoms with Crippen LogP contribution in [0, 0.1) is 0 Å². The smallest absolute Gasteiger partial charge is 0.306 e. The van der Waals surface area contributed by atoms with Crippen molar-refractivity contribution in [1.29, 1.82) is 1.43 Å². The van der Waals surface area contributed by atoms with Crippen molar-refractivity contribution in [3.8, 4) is 0 Å². The van der Waals surface area contributed by atoms with E-state index in [1.165, 1.54) is 77.0 Å². The van der Waals surface area contributed by atoms with E-state index < -0.39 is 6.10 Å². The highest BCUT2D eigenvalue weighted by atomic mass is 16.6. The molecule has 0 aliphatic heterocycles. The molecule has 0 aliphatic carbocycles. The van der Waals surface area contributed by atoms with Crippen molar-refractivity contribution in [1.82, 2.24) is 0 Å². The van der Waals surface area contributed by atoms with E-state index in [1.54, 1.807) is 0 Å². The predicted molar refractivity (Wildman–Crippen MR) is 132 cm³/mol. The molecule has 0 bridgehead atoms. The summed E-state index contributed by atoms with van der Waals surface area (Å²) in [7, 11) is 0. The first-order valence-corrected chi connectivity index (χ1v) is 13.6. The molecular formula is C27H52O5. The minimum absolute atomic E-state index is 0.0430. The van der Waals surface area contributed by atoms with Gasteiger partial charge in [-0.05, 0) is 12.8 Å². The van der Waals surface area contributed by atoms with Crippen LogP contribution in [0.15, 0.2) is 0 Å². The van der Waals surface area contributed by atoms with Crippen LogP contribution < -0.4 is 0 Å². The average molecular weight is 458 g/mol. The van der Waals surface area contributed by atoms with E-state index in [0.717, 1.165) is 38.5 Å². The van der Waals surface area contributed by atoms with Crippen LogP contribution in [0.5, 0.6) is 0 Å². The van der Waals surface area contributed by atoms with E-state index in [0.29, 0.717) is 12.8 Å². The summed E-state index contributed by atoms with van der Waals surface area (Å²) in [6, 6.07) is 0. The zero-order valence-corrected chi connectivity index (χ0v) is 21.2. The Kier molecular flexibility index (Phi) is 22.2. The Morgan fingerprint density at radius 2 is 1.06 bits per heavy atom. The molecule has 0 unspecified atom stereocenters. The summed E-state index contributed by atoms with van der Waals surface area (Å²) >= 11 is 0. The van der Waals surface area contributed by atoms with Gasteiger partial charge in [-0.15, -0.1) is 0 Å². The van der Waals surface area contributed by atoms with Crippen molar-refractivity contribution in [2.24, 2.45) is 0 Å². The fourth-order valence-corrected chi connectivity index (χ4v) is 3.78. The molecule has 5 heteroatoms. The van der Waals surface area contributed by atoms with Crippen molar-refractivity contribution in [2.75, 3.05) is 13.2 Å². The van der Waals surface area contributed by atoms with Gasteiger partial charge in [0, 0.05) is 12.8 Å². The van der Waals surface area contributed by atoms with E-state index in [1.807, 2.05) is 0 Å². The van der Waals surface area contributed by atoms with E-state index in [4.69, 9.17) is 10.9 Å². The zero-order chi connectivity index (χ0) is 24.4. The topological polar surface area (TPSA) is 72.8 Å². The molecule has 0 rings (SSSR count). The number of carbonyl (C=O) groups excluding carboxylic acids is 2. The van der Waals surface area contributed by atoms with Gasteiger partial charge >= 0.3 is 11.9 Å². The van der Waals surface area contributed by atoms with Gasteiger partial charge in [0.05, 0.1) is 6.61 Å². The molecule has 0 aromatic heterocycles. The molecule has 0 radical (unpaired) electrons. The molecule has 32 heavy (non-hydrogen) atoms. The second-order valence-electron chi connectivity index (χ2n) is 9.12. The van der Waals surface area contributed by atoms with Crippen LogP contribution in [-0.4, -0.2) is 37.8 Å². The minimum atomic E-state index is -0.708. The maximum absolute atomic E-state index is 12.1. The van der Waals surface area contributed by atoms with Crippen LogP contribution in [0.1, 0.15) is 142 Å². The molecule has 1 atom stereocenters. The van der Waals surface area contributed by atoms with Gasteiger partial charge in [0.2, 0.25) is 1.43 Å². The van der Waals surface area contributed by atoms with Crippen LogP contribution in [0.2, 0.25) is 0 Å². The third-order valence-electron chi connectivity index (χ3n) is 5.88. The van der Waals surface area contributed by atoms with Gasteiger partial charge in [0.15, 0.2) is 6.10 Å². The molecule has 0 amide bonds. The van der Waals surface area contributed by atoms with Crippen LogP contribution in [0.3, 0.4) is 0 Å². The Labute approximate surface area is 199 Å². The molecule has 190 valence electrons. The molecule has 0 fully saturated rings. The number of aliphatic hydroxyl groups is 1. The van der Waals surface area contributed by atoms with Crippen LogP contribution >= 0.6 is 0 Å². The lowest BCUT2D eigenvalue weighted by molar-refractivity contribution is -0.161. The van der Waals surface area contributed by atoms with E-state index in [2.05, 4.69) is 19.0 Å². The Morgan fingerprint density at radius 3 is 1.50 bits per heavy atom. The van der Waals surface area contributed by atoms with E-state index in [-0.39, 0.29) is 25.2 Å². The lowest BCUT2D eigenvalue weighted by Crippen LogP contribution is -2.28. The first-order chi connectivity index (χ1) is 16.1. The standard InChI is InChI=1S/C27H52O5/c1-3-5-7-9-11-13-15-17-19-21-26(29)31-24-25(23-28)32-27(30)22-20-18-16-14-12-10-8-6-4-2/h25,28H,3-24H2,1-2H3/t25-/m0/s1/i28D. The molecule has 0 saturated heterocycles. The molecule has 0 aromatic rings. The molecule has 0 spiro atoms. The maximum Gasteiger partial charge on any atom is 0.306 e. The summed E-state index contributed by atoms with van der Waals surface area (Å²) < 4.78 is 17.5. The number of unbranched alkanes of at least 4 members (excludes halogenated alkanes) is 16. The predicted octanol–water partition coefficient (Wildman–Crippen LogP) is 7.28. The van der Waals surface area contributed by atoms with Crippen molar-refractivity contribution < 1.29 is 24.2 Å². The normalized spacial score (nSPS) is 12.4. The van der Waals surface area contributed by atoms with Crippen molar-refractivity contribution in [3.63, 3.8) is 0 Å². The lowest BCUT2D eigenvalue weighted by Gasteiger charge is -2.15. The number of esters is 2. The Hall–Kier alpha value is -1.10. The van der Waals surface area contributed by atoms with E-state index >= 15 is 0 Å². The SMILES string of the molecule is [2H]OC[C@@H](COC(=O)CCCCCCCCCCC)OC(=O)CCCCCCCCCCC. The number of ether oxygens (including phenoxy) is 2. The number of carbonyl (C=O) groups is 2. The third kappa shape index (κ3) is 22.1. The monoisotopic (exact) mass is 457 g/mol. The largest absolute Gasteiger partial charge is 0.462 e. The number of aliphatic hydroxyl groups excluding tert-OH is 1. The molecular weight excluding hydrogens is 404 g/mol. The van der Waals surface area contributed by atoms with Crippen molar-refractivity contribution in [2.45, 2.75) is 148 Å². The fourth-order valence-electron chi connectivity index (χ4n) is 3.78. The number of hydrogen-bond donors (Lipinski definition) is 1. The second-order valence-corrected chi connectivity index (χ2v) is 9.12. The van der Waals surface area contributed by atoms with Crippen LogP contribution in [0.4, 0.5) is 0 Å². The van der Waals surface area contributed by atoms with Gasteiger partial charge in [0.25, 0.3) is 0 Å². The van der Waals surface area contributed by atoms with Crippen molar-refractivity contribution >= 4 is 11.9 Å². The molecule has 0 saturated carbocycles.